The van der Waals surface area contributed by atoms with E-state index in [0.717, 1.165) is 26.2 Å². The van der Waals surface area contributed by atoms with Crippen LogP contribution in [0, 0.1) is 5.82 Å². The number of phenolic OH excluding ortho intramolecular Hbond substituents is 1. The first-order valence-corrected chi connectivity index (χ1v) is 7.08. The predicted molar refractivity (Wildman–Crippen MR) is 78.4 cm³/mol. The monoisotopic (exact) mass is 281 g/mol. The molecular formula is C15H24FN3O. The molecule has 1 fully saturated rings. The van der Waals surface area contributed by atoms with Gasteiger partial charge in [-0.3, -0.25) is 4.90 Å². The predicted octanol–water partition coefficient (Wildman–Crippen LogP) is 1.43. The number of phenols is 1. The fraction of sp³-hybridized carbons (Fsp3) is 0.600. The van der Waals surface area contributed by atoms with Gasteiger partial charge >= 0.3 is 0 Å². The molecule has 112 valence electrons. The molecule has 2 rings (SSSR count). The van der Waals surface area contributed by atoms with Crippen molar-refractivity contribution in [1.82, 2.24) is 15.1 Å². The molecule has 0 radical (unpaired) electrons. The number of piperazine rings is 1. The van der Waals surface area contributed by atoms with Crippen molar-refractivity contribution in [2.45, 2.75) is 19.0 Å². The molecule has 1 aliphatic heterocycles. The second-order valence-corrected chi connectivity index (χ2v) is 5.73. The van der Waals surface area contributed by atoms with E-state index >= 15 is 0 Å². The van der Waals surface area contributed by atoms with E-state index in [4.69, 9.17) is 0 Å². The van der Waals surface area contributed by atoms with E-state index in [0.29, 0.717) is 11.6 Å². The molecule has 5 heteroatoms. The van der Waals surface area contributed by atoms with Crippen molar-refractivity contribution in [1.29, 1.82) is 0 Å². The Bertz CT molecular complexity index is 455. The average molecular weight is 281 g/mol. The number of nitrogens with zero attached hydrogens (tertiary/aromatic N) is 2. The molecule has 20 heavy (non-hydrogen) atoms. The van der Waals surface area contributed by atoms with Crippen LogP contribution >= 0.6 is 0 Å². The van der Waals surface area contributed by atoms with Gasteiger partial charge in [-0.05, 0) is 39.2 Å². The first-order chi connectivity index (χ1) is 9.47. The number of benzene rings is 1. The fourth-order valence-electron chi connectivity index (χ4n) is 2.62. The summed E-state index contributed by atoms with van der Waals surface area (Å²) in [5.41, 5.74) is 0.608. The van der Waals surface area contributed by atoms with Gasteiger partial charge in [-0.1, -0.05) is 0 Å². The van der Waals surface area contributed by atoms with Gasteiger partial charge in [0, 0.05) is 43.8 Å². The Morgan fingerprint density at radius 2 is 2.15 bits per heavy atom. The van der Waals surface area contributed by atoms with Gasteiger partial charge < -0.3 is 15.3 Å². The van der Waals surface area contributed by atoms with Crippen LogP contribution in [0.1, 0.15) is 18.5 Å². The highest BCUT2D eigenvalue weighted by atomic mass is 19.1. The lowest BCUT2D eigenvalue weighted by Crippen LogP contribution is -2.53. The minimum Gasteiger partial charge on any atom is -0.508 e. The maximum Gasteiger partial charge on any atom is 0.123 e. The van der Waals surface area contributed by atoms with Crippen LogP contribution in [0.3, 0.4) is 0 Å². The lowest BCUT2D eigenvalue weighted by molar-refractivity contribution is 0.111. The molecule has 2 unspecified atom stereocenters. The quantitative estimate of drug-likeness (QED) is 0.876. The Hall–Kier alpha value is -1.17. The summed E-state index contributed by atoms with van der Waals surface area (Å²) >= 11 is 0. The Kier molecular flexibility index (Phi) is 4.96. The summed E-state index contributed by atoms with van der Waals surface area (Å²) in [7, 11) is 4.26. The van der Waals surface area contributed by atoms with E-state index in [1.165, 1.54) is 18.2 Å². The molecule has 1 aliphatic rings. The maximum atomic E-state index is 13.3. The summed E-state index contributed by atoms with van der Waals surface area (Å²) in [6.45, 7) is 5.93. The first kappa shape index (κ1) is 15.2. The summed E-state index contributed by atoms with van der Waals surface area (Å²) in [5.74, 6) is -0.179. The highest BCUT2D eigenvalue weighted by Gasteiger charge is 2.22. The smallest absolute Gasteiger partial charge is 0.123 e. The fourth-order valence-corrected chi connectivity index (χ4v) is 2.62. The Balaban J connectivity index is 1.94. The number of hydrogen-bond acceptors (Lipinski definition) is 4. The van der Waals surface area contributed by atoms with Gasteiger partial charge in [0.15, 0.2) is 0 Å². The zero-order chi connectivity index (χ0) is 14.7. The molecule has 1 aromatic carbocycles. The lowest BCUT2D eigenvalue weighted by atomic mass is 10.1. The third-order valence-corrected chi connectivity index (χ3v) is 4.10. The maximum absolute atomic E-state index is 13.3. The Morgan fingerprint density at radius 3 is 2.90 bits per heavy atom. The van der Waals surface area contributed by atoms with Crippen LogP contribution in [-0.4, -0.2) is 61.2 Å². The van der Waals surface area contributed by atoms with Crippen LogP contribution < -0.4 is 5.32 Å². The minimum absolute atomic E-state index is 0.0775. The number of aromatic hydroxyl groups is 1. The molecule has 0 aromatic heterocycles. The zero-order valence-corrected chi connectivity index (χ0v) is 12.4. The van der Waals surface area contributed by atoms with Crippen molar-refractivity contribution >= 4 is 0 Å². The molecule has 0 spiro atoms. The van der Waals surface area contributed by atoms with Crippen molar-refractivity contribution in [3.8, 4) is 5.75 Å². The second kappa shape index (κ2) is 6.52. The SMILES string of the molecule is CC(NCC1CN(C)CCN1C)c1cc(F)ccc1O. The van der Waals surface area contributed by atoms with Gasteiger partial charge in [0.2, 0.25) is 0 Å². The highest BCUT2D eigenvalue weighted by molar-refractivity contribution is 5.34. The van der Waals surface area contributed by atoms with Gasteiger partial charge in [-0.2, -0.15) is 0 Å². The molecule has 2 atom stereocenters. The van der Waals surface area contributed by atoms with Gasteiger partial charge in [-0.25, -0.2) is 4.39 Å². The van der Waals surface area contributed by atoms with Gasteiger partial charge in [0.05, 0.1) is 0 Å². The molecule has 4 nitrogen and oxygen atoms in total. The number of rotatable bonds is 4. The second-order valence-electron chi connectivity index (χ2n) is 5.73. The van der Waals surface area contributed by atoms with E-state index in [1.807, 2.05) is 6.92 Å². The number of likely N-dealkylation sites (N-methyl/N-ethyl adjacent to an activating group) is 2. The standard InChI is InChI=1S/C15H24FN3O/c1-11(14-8-12(16)4-5-15(14)20)17-9-13-10-18(2)6-7-19(13)3/h4-5,8,11,13,17,20H,6-7,9-10H2,1-3H3. The molecular weight excluding hydrogens is 257 g/mol. The van der Waals surface area contributed by atoms with Crippen molar-refractivity contribution in [2.24, 2.45) is 0 Å². The Morgan fingerprint density at radius 1 is 1.40 bits per heavy atom. The average Bonchev–Trinajstić information content (AvgIpc) is 2.42. The molecule has 0 aliphatic carbocycles. The third-order valence-electron chi connectivity index (χ3n) is 4.10. The van der Waals surface area contributed by atoms with Crippen LogP contribution in [0.15, 0.2) is 18.2 Å². The normalized spacial score (nSPS) is 22.9. The molecule has 2 N–H and O–H groups in total. The topological polar surface area (TPSA) is 38.7 Å². The third kappa shape index (κ3) is 3.69. The van der Waals surface area contributed by atoms with Crippen molar-refractivity contribution in [3.63, 3.8) is 0 Å². The van der Waals surface area contributed by atoms with E-state index in [1.54, 1.807) is 0 Å². The van der Waals surface area contributed by atoms with E-state index in [9.17, 15) is 9.50 Å². The molecule has 0 amide bonds. The highest BCUT2D eigenvalue weighted by Crippen LogP contribution is 2.24. The molecule has 0 saturated carbocycles. The van der Waals surface area contributed by atoms with Crippen molar-refractivity contribution in [3.05, 3.63) is 29.6 Å². The largest absolute Gasteiger partial charge is 0.508 e. The van der Waals surface area contributed by atoms with E-state index < -0.39 is 0 Å². The number of halogens is 1. The summed E-state index contributed by atoms with van der Waals surface area (Å²) in [4.78, 5) is 4.65. The van der Waals surface area contributed by atoms with Crippen LogP contribution in [0.25, 0.3) is 0 Å². The van der Waals surface area contributed by atoms with Crippen LogP contribution in [-0.2, 0) is 0 Å². The first-order valence-electron chi connectivity index (χ1n) is 7.08. The number of nitrogens with one attached hydrogen (secondary N) is 1. The molecule has 1 saturated heterocycles. The summed E-state index contributed by atoms with van der Waals surface area (Å²) in [6.07, 6.45) is 0. The van der Waals surface area contributed by atoms with Crippen LogP contribution in [0.2, 0.25) is 0 Å². The van der Waals surface area contributed by atoms with Gasteiger partial charge in [0.25, 0.3) is 0 Å². The van der Waals surface area contributed by atoms with Crippen LogP contribution in [0.5, 0.6) is 5.75 Å². The lowest BCUT2D eigenvalue weighted by Gasteiger charge is -2.38. The van der Waals surface area contributed by atoms with Crippen molar-refractivity contribution < 1.29 is 9.50 Å². The summed E-state index contributed by atoms with van der Waals surface area (Å²) in [6, 6.07) is 4.43. The molecule has 1 aromatic rings. The van der Waals surface area contributed by atoms with Gasteiger partial charge in [-0.15, -0.1) is 0 Å². The van der Waals surface area contributed by atoms with Crippen LogP contribution in [0.4, 0.5) is 4.39 Å². The van der Waals surface area contributed by atoms with E-state index in [2.05, 4.69) is 29.2 Å². The molecule has 1 heterocycles. The number of hydrogen-bond donors (Lipinski definition) is 2. The van der Waals surface area contributed by atoms with Crippen molar-refractivity contribution in [2.75, 3.05) is 40.3 Å². The summed E-state index contributed by atoms with van der Waals surface area (Å²) in [5, 5.41) is 13.2. The minimum atomic E-state index is -0.319. The Labute approximate surface area is 120 Å². The summed E-state index contributed by atoms with van der Waals surface area (Å²) < 4.78 is 13.3. The zero-order valence-electron chi connectivity index (χ0n) is 12.4. The van der Waals surface area contributed by atoms with E-state index in [-0.39, 0.29) is 17.6 Å². The van der Waals surface area contributed by atoms with Gasteiger partial charge in [0.1, 0.15) is 11.6 Å². The molecule has 0 bridgehead atoms.